The second-order valence-corrected chi connectivity index (χ2v) is 5.18. The first-order valence-electron chi connectivity index (χ1n) is 5.97. The van der Waals surface area contributed by atoms with Crippen LogP contribution in [0.5, 0.6) is 5.75 Å². The monoisotopic (exact) mass is 313 g/mol. The summed E-state index contributed by atoms with van der Waals surface area (Å²) in [5.41, 5.74) is 3.04. The molecular formula is C16H12BrNO. The van der Waals surface area contributed by atoms with E-state index in [0.29, 0.717) is 0 Å². The van der Waals surface area contributed by atoms with Gasteiger partial charge in [0.15, 0.2) is 0 Å². The van der Waals surface area contributed by atoms with Crippen molar-refractivity contribution in [1.29, 1.82) is 0 Å². The predicted molar refractivity (Wildman–Crippen MR) is 81.4 cm³/mol. The van der Waals surface area contributed by atoms with Gasteiger partial charge in [-0.1, -0.05) is 28.1 Å². The van der Waals surface area contributed by atoms with Gasteiger partial charge in [0.2, 0.25) is 0 Å². The fourth-order valence-corrected chi connectivity index (χ4v) is 2.36. The molecule has 0 aliphatic carbocycles. The minimum atomic E-state index is 0.854. The van der Waals surface area contributed by atoms with Crippen LogP contribution in [0.4, 0.5) is 0 Å². The summed E-state index contributed by atoms with van der Waals surface area (Å²) in [6.07, 6.45) is 0. The van der Waals surface area contributed by atoms with Crippen molar-refractivity contribution in [1.82, 2.24) is 4.98 Å². The first-order chi connectivity index (χ1) is 9.26. The van der Waals surface area contributed by atoms with Crippen molar-refractivity contribution in [2.75, 3.05) is 7.11 Å². The third kappa shape index (κ3) is 2.47. The molecule has 19 heavy (non-hydrogen) atoms. The fraction of sp³-hybridized carbons (Fsp3) is 0.0625. The normalized spacial score (nSPS) is 10.6. The minimum Gasteiger partial charge on any atom is -0.497 e. The molecule has 0 saturated carbocycles. The van der Waals surface area contributed by atoms with E-state index in [1.807, 2.05) is 42.5 Å². The maximum atomic E-state index is 5.16. The Morgan fingerprint density at radius 3 is 2.42 bits per heavy atom. The van der Waals surface area contributed by atoms with Crippen LogP contribution < -0.4 is 4.74 Å². The zero-order valence-corrected chi connectivity index (χ0v) is 12.0. The number of hydrogen-bond acceptors (Lipinski definition) is 2. The summed E-state index contributed by atoms with van der Waals surface area (Å²) in [4.78, 5) is 4.69. The van der Waals surface area contributed by atoms with Crippen molar-refractivity contribution in [3.05, 3.63) is 59.1 Å². The maximum Gasteiger partial charge on any atom is 0.118 e. The number of aromatic nitrogens is 1. The first-order valence-corrected chi connectivity index (χ1v) is 6.76. The number of hydrogen-bond donors (Lipinski definition) is 0. The highest BCUT2D eigenvalue weighted by Crippen LogP contribution is 2.24. The Hall–Kier alpha value is -1.87. The van der Waals surface area contributed by atoms with Gasteiger partial charge in [-0.15, -0.1) is 0 Å². The second kappa shape index (κ2) is 5.02. The summed E-state index contributed by atoms with van der Waals surface area (Å²) < 4.78 is 6.21. The Labute approximate surface area is 120 Å². The fourth-order valence-electron chi connectivity index (χ4n) is 2.01. The molecule has 0 fully saturated rings. The summed E-state index contributed by atoms with van der Waals surface area (Å²) in [7, 11) is 1.67. The average molecular weight is 314 g/mol. The van der Waals surface area contributed by atoms with Gasteiger partial charge in [-0.2, -0.15) is 0 Å². The van der Waals surface area contributed by atoms with Gasteiger partial charge in [-0.05, 0) is 42.5 Å². The molecule has 0 N–H and O–H groups in total. The highest BCUT2D eigenvalue weighted by molar-refractivity contribution is 9.10. The SMILES string of the molecule is COc1ccc(-c2ccc3ccc(Br)cc3n2)cc1. The molecule has 3 rings (SSSR count). The Morgan fingerprint density at radius 1 is 0.947 bits per heavy atom. The van der Waals surface area contributed by atoms with E-state index in [4.69, 9.17) is 9.72 Å². The molecule has 0 radical (unpaired) electrons. The molecule has 1 aromatic heterocycles. The number of nitrogens with zero attached hydrogens (tertiary/aromatic N) is 1. The number of rotatable bonds is 2. The van der Waals surface area contributed by atoms with Crippen molar-refractivity contribution in [3.63, 3.8) is 0 Å². The molecule has 0 atom stereocenters. The van der Waals surface area contributed by atoms with Crippen molar-refractivity contribution in [3.8, 4) is 17.0 Å². The van der Waals surface area contributed by atoms with Crippen LogP contribution in [0, 0.1) is 0 Å². The molecule has 2 aromatic carbocycles. The highest BCUT2D eigenvalue weighted by Gasteiger charge is 2.02. The standard InChI is InChI=1S/C16H12BrNO/c1-19-14-7-3-11(4-8-14)15-9-5-12-2-6-13(17)10-16(12)18-15/h2-10H,1H3. The number of halogens is 1. The smallest absolute Gasteiger partial charge is 0.118 e. The van der Waals surface area contributed by atoms with Crippen LogP contribution >= 0.6 is 15.9 Å². The number of pyridine rings is 1. The first kappa shape index (κ1) is 12.2. The molecule has 1 heterocycles. The predicted octanol–water partition coefficient (Wildman–Crippen LogP) is 4.67. The van der Waals surface area contributed by atoms with Crippen LogP contribution in [0.25, 0.3) is 22.2 Å². The average Bonchev–Trinajstić information content (AvgIpc) is 2.46. The van der Waals surface area contributed by atoms with Crippen molar-refractivity contribution in [2.45, 2.75) is 0 Å². The second-order valence-electron chi connectivity index (χ2n) is 4.26. The van der Waals surface area contributed by atoms with E-state index in [1.54, 1.807) is 7.11 Å². The lowest BCUT2D eigenvalue weighted by Crippen LogP contribution is -1.86. The highest BCUT2D eigenvalue weighted by atomic mass is 79.9. The van der Waals surface area contributed by atoms with Crippen LogP contribution in [-0.4, -0.2) is 12.1 Å². The van der Waals surface area contributed by atoms with Crippen LogP contribution in [0.2, 0.25) is 0 Å². The van der Waals surface area contributed by atoms with E-state index in [1.165, 1.54) is 0 Å². The van der Waals surface area contributed by atoms with E-state index in [9.17, 15) is 0 Å². The van der Waals surface area contributed by atoms with Gasteiger partial charge in [0, 0.05) is 15.4 Å². The van der Waals surface area contributed by atoms with Crippen molar-refractivity contribution >= 4 is 26.8 Å². The van der Waals surface area contributed by atoms with Gasteiger partial charge in [-0.3, -0.25) is 0 Å². The lowest BCUT2D eigenvalue weighted by Gasteiger charge is -2.05. The molecular weight excluding hydrogens is 302 g/mol. The van der Waals surface area contributed by atoms with Crippen molar-refractivity contribution in [2.24, 2.45) is 0 Å². The summed E-state index contributed by atoms with van der Waals surface area (Å²) in [6, 6.07) is 18.2. The zero-order valence-electron chi connectivity index (χ0n) is 10.4. The lowest BCUT2D eigenvalue weighted by molar-refractivity contribution is 0.415. The third-order valence-electron chi connectivity index (χ3n) is 3.04. The zero-order chi connectivity index (χ0) is 13.2. The quantitative estimate of drug-likeness (QED) is 0.685. The van der Waals surface area contributed by atoms with Crippen LogP contribution in [0.3, 0.4) is 0 Å². The van der Waals surface area contributed by atoms with Gasteiger partial charge < -0.3 is 4.74 Å². The van der Waals surface area contributed by atoms with Gasteiger partial charge >= 0.3 is 0 Å². The Balaban J connectivity index is 2.08. The molecule has 0 aliphatic heterocycles. The molecule has 0 amide bonds. The van der Waals surface area contributed by atoms with Gasteiger partial charge in [0.05, 0.1) is 18.3 Å². The molecule has 0 unspecified atom stereocenters. The molecule has 94 valence electrons. The Morgan fingerprint density at radius 2 is 1.68 bits per heavy atom. The molecule has 2 nitrogen and oxygen atoms in total. The number of benzene rings is 2. The largest absolute Gasteiger partial charge is 0.497 e. The summed E-state index contributed by atoms with van der Waals surface area (Å²) in [6.45, 7) is 0. The van der Waals surface area contributed by atoms with Gasteiger partial charge in [-0.25, -0.2) is 4.98 Å². The van der Waals surface area contributed by atoms with E-state index in [2.05, 4.69) is 28.1 Å². The molecule has 3 heteroatoms. The van der Waals surface area contributed by atoms with Crippen LogP contribution in [0.15, 0.2) is 59.1 Å². The summed E-state index contributed by atoms with van der Waals surface area (Å²) >= 11 is 3.48. The van der Waals surface area contributed by atoms with Gasteiger partial charge in [0.25, 0.3) is 0 Å². The third-order valence-corrected chi connectivity index (χ3v) is 3.53. The maximum absolute atomic E-state index is 5.16. The Kier molecular flexibility index (Phi) is 3.22. The molecule has 0 aliphatic rings. The number of ether oxygens (including phenoxy) is 1. The number of methoxy groups -OCH3 is 1. The van der Waals surface area contributed by atoms with Gasteiger partial charge in [0.1, 0.15) is 5.75 Å². The minimum absolute atomic E-state index is 0.854. The molecule has 0 bridgehead atoms. The van der Waals surface area contributed by atoms with E-state index < -0.39 is 0 Å². The molecule has 0 saturated heterocycles. The lowest BCUT2D eigenvalue weighted by atomic mass is 10.1. The summed E-state index contributed by atoms with van der Waals surface area (Å²) in [5, 5.41) is 1.14. The Bertz CT molecular complexity index is 722. The number of fused-ring (bicyclic) bond motifs is 1. The molecule has 3 aromatic rings. The van der Waals surface area contributed by atoms with E-state index in [-0.39, 0.29) is 0 Å². The van der Waals surface area contributed by atoms with Crippen molar-refractivity contribution < 1.29 is 4.74 Å². The van der Waals surface area contributed by atoms with Crippen LogP contribution in [-0.2, 0) is 0 Å². The topological polar surface area (TPSA) is 22.1 Å². The van der Waals surface area contributed by atoms with E-state index >= 15 is 0 Å². The summed E-state index contributed by atoms with van der Waals surface area (Å²) in [5.74, 6) is 0.854. The molecule has 0 spiro atoms. The van der Waals surface area contributed by atoms with E-state index in [0.717, 1.165) is 32.4 Å². The van der Waals surface area contributed by atoms with Crippen LogP contribution in [0.1, 0.15) is 0 Å².